The van der Waals surface area contributed by atoms with Crippen LogP contribution in [-0.4, -0.2) is 46.9 Å². The average molecular weight is 512 g/mol. The molecule has 1 saturated heterocycles. The van der Waals surface area contributed by atoms with Gasteiger partial charge in [0, 0.05) is 24.1 Å². The van der Waals surface area contributed by atoms with E-state index in [4.69, 9.17) is 21.1 Å². The Hall–Kier alpha value is -2.98. The topological polar surface area (TPSA) is 167 Å². The van der Waals surface area contributed by atoms with Crippen molar-refractivity contribution in [1.29, 1.82) is 5.41 Å². The Morgan fingerprint density at radius 1 is 1.05 bits per heavy atom. The molecule has 6 rings (SSSR count). The Balaban J connectivity index is 1.15. The summed E-state index contributed by atoms with van der Waals surface area (Å²) < 4.78 is 0. The van der Waals surface area contributed by atoms with Crippen LogP contribution in [0.25, 0.3) is 0 Å². The number of hydrogen-bond donors (Lipinski definition) is 6. The summed E-state index contributed by atoms with van der Waals surface area (Å²) in [5.74, 6) is -0.0583. The first kappa shape index (κ1) is 25.7. The van der Waals surface area contributed by atoms with E-state index in [1.54, 1.807) is 0 Å². The lowest BCUT2D eigenvalue weighted by molar-refractivity contribution is -0.139. The molecule has 200 valence electrons. The molecule has 1 aromatic carbocycles. The monoisotopic (exact) mass is 511 g/mol. The highest BCUT2D eigenvalue weighted by Crippen LogP contribution is 2.61. The minimum atomic E-state index is -0.967. The van der Waals surface area contributed by atoms with Crippen molar-refractivity contribution < 1.29 is 24.3 Å². The fourth-order valence-electron chi connectivity index (χ4n) is 7.72. The predicted octanol–water partition coefficient (Wildman–Crippen LogP) is 2.13. The van der Waals surface area contributed by atoms with Gasteiger partial charge in [0.25, 0.3) is 0 Å². The molecule has 10 nitrogen and oxygen atoms in total. The molecule has 1 aliphatic heterocycles. The van der Waals surface area contributed by atoms with Gasteiger partial charge in [-0.1, -0.05) is 24.3 Å². The number of hydrogen-bond acceptors (Lipinski definition) is 6. The number of nitrogen functional groups attached to an aromatic ring is 1. The third-order valence-corrected chi connectivity index (χ3v) is 8.73. The van der Waals surface area contributed by atoms with Gasteiger partial charge in [-0.2, -0.15) is 5.48 Å². The summed E-state index contributed by atoms with van der Waals surface area (Å²) in [6, 6.07) is 7.46. The van der Waals surface area contributed by atoms with Gasteiger partial charge in [0.05, 0.1) is 25.0 Å². The average Bonchev–Trinajstić information content (AvgIpc) is 3.28. The summed E-state index contributed by atoms with van der Waals surface area (Å²) >= 11 is 0. The fourth-order valence-corrected chi connectivity index (χ4v) is 7.72. The number of carboxylic acids is 1. The van der Waals surface area contributed by atoms with Crippen molar-refractivity contribution in [3.8, 4) is 0 Å². The Labute approximate surface area is 216 Å². The highest BCUT2D eigenvalue weighted by molar-refractivity contribution is 5.94. The maximum atomic E-state index is 13.2. The van der Waals surface area contributed by atoms with Gasteiger partial charge in [0.15, 0.2) is 0 Å². The zero-order valence-corrected chi connectivity index (χ0v) is 21.1. The van der Waals surface area contributed by atoms with Crippen LogP contribution in [0.3, 0.4) is 0 Å². The molecule has 1 heterocycles. The first-order chi connectivity index (χ1) is 17.6. The normalized spacial score (nSPS) is 33.7. The van der Waals surface area contributed by atoms with Gasteiger partial charge in [-0.15, -0.1) is 0 Å². The lowest BCUT2D eigenvalue weighted by Gasteiger charge is -2.62. The van der Waals surface area contributed by atoms with Crippen LogP contribution in [0.2, 0.25) is 0 Å². The van der Waals surface area contributed by atoms with E-state index in [0.29, 0.717) is 30.4 Å². The summed E-state index contributed by atoms with van der Waals surface area (Å²) in [6.07, 6.45) is 6.69. The van der Waals surface area contributed by atoms with Crippen LogP contribution in [0.4, 0.5) is 0 Å². The second-order valence-electron chi connectivity index (χ2n) is 11.8. The number of hydroxylamine groups is 1. The van der Waals surface area contributed by atoms with Gasteiger partial charge in [-0.25, -0.2) is 0 Å². The van der Waals surface area contributed by atoms with Gasteiger partial charge < -0.3 is 21.5 Å². The molecule has 4 saturated carbocycles. The largest absolute Gasteiger partial charge is 0.481 e. The molecule has 5 aliphatic rings. The highest BCUT2D eigenvalue weighted by atomic mass is 16.7. The van der Waals surface area contributed by atoms with E-state index >= 15 is 0 Å². The number of nitrogens with one attached hydrogen (secondary N) is 4. The fraction of sp³-hybridized carbons (Fsp3) is 0.630. The summed E-state index contributed by atoms with van der Waals surface area (Å²) in [7, 11) is 0. The first-order valence-corrected chi connectivity index (χ1v) is 13.3. The maximum absolute atomic E-state index is 13.2. The SMILES string of the molecule is N=C(N)c1ccc([C@@H]2C[C@H](CC(=O)NC34CC5C[C@@H](CC(CNC(=O)CCC(=O)O)(C5)C3)C4)ON2)cc1. The summed E-state index contributed by atoms with van der Waals surface area (Å²) in [5, 5.41) is 22.8. The quantitative estimate of drug-likeness (QED) is 0.207. The number of nitrogens with two attached hydrogens (primary N) is 1. The summed E-state index contributed by atoms with van der Waals surface area (Å²) in [5.41, 5.74) is 10.0. The number of carboxylic acid groups (broad SMARTS) is 1. The molecule has 0 spiro atoms. The second-order valence-corrected chi connectivity index (χ2v) is 11.8. The summed E-state index contributed by atoms with van der Waals surface area (Å²) in [4.78, 5) is 41.9. The lowest BCUT2D eigenvalue weighted by Crippen LogP contribution is -2.65. The van der Waals surface area contributed by atoms with Crippen molar-refractivity contribution in [3.63, 3.8) is 0 Å². The van der Waals surface area contributed by atoms with Crippen LogP contribution in [0.5, 0.6) is 0 Å². The maximum Gasteiger partial charge on any atom is 0.303 e. The molecular weight excluding hydrogens is 474 g/mol. The van der Waals surface area contributed by atoms with Crippen molar-refractivity contribution >= 4 is 23.6 Å². The second kappa shape index (κ2) is 10.1. The highest BCUT2D eigenvalue weighted by Gasteiger charge is 2.58. The third kappa shape index (κ3) is 5.80. The smallest absolute Gasteiger partial charge is 0.303 e. The lowest BCUT2D eigenvalue weighted by atomic mass is 9.47. The zero-order chi connectivity index (χ0) is 26.2. The molecule has 4 aliphatic carbocycles. The Bertz CT molecular complexity index is 1060. The molecule has 3 unspecified atom stereocenters. The van der Waals surface area contributed by atoms with Gasteiger partial charge in [-0.05, 0) is 67.8 Å². The van der Waals surface area contributed by atoms with Gasteiger partial charge in [0.2, 0.25) is 11.8 Å². The molecule has 4 bridgehead atoms. The van der Waals surface area contributed by atoms with E-state index in [1.807, 2.05) is 24.3 Å². The van der Waals surface area contributed by atoms with Crippen LogP contribution < -0.4 is 21.8 Å². The number of carbonyl (C=O) groups excluding carboxylic acids is 2. The van der Waals surface area contributed by atoms with Crippen molar-refractivity contribution in [3.05, 3.63) is 35.4 Å². The molecule has 6 atom stereocenters. The van der Waals surface area contributed by atoms with E-state index < -0.39 is 5.97 Å². The molecule has 0 radical (unpaired) electrons. The molecule has 10 heteroatoms. The molecule has 7 N–H and O–H groups in total. The van der Waals surface area contributed by atoms with Crippen LogP contribution >= 0.6 is 0 Å². The Morgan fingerprint density at radius 2 is 1.76 bits per heavy atom. The van der Waals surface area contributed by atoms with E-state index in [1.165, 1.54) is 6.42 Å². The van der Waals surface area contributed by atoms with Crippen LogP contribution in [0.1, 0.15) is 81.4 Å². The number of aliphatic carboxylic acids is 1. The minimum absolute atomic E-state index is 0.00183. The number of amidine groups is 1. The van der Waals surface area contributed by atoms with Gasteiger partial charge >= 0.3 is 5.97 Å². The Kier molecular flexibility index (Phi) is 6.97. The zero-order valence-electron chi connectivity index (χ0n) is 21.1. The van der Waals surface area contributed by atoms with Crippen molar-refractivity contribution in [2.24, 2.45) is 23.0 Å². The number of benzene rings is 1. The number of amides is 2. The van der Waals surface area contributed by atoms with Gasteiger partial charge in [0.1, 0.15) is 5.84 Å². The molecular formula is C27H37N5O5. The van der Waals surface area contributed by atoms with Gasteiger partial charge in [-0.3, -0.25) is 24.6 Å². The molecule has 0 aromatic heterocycles. The number of rotatable bonds is 10. The van der Waals surface area contributed by atoms with E-state index in [-0.39, 0.29) is 60.0 Å². The van der Waals surface area contributed by atoms with E-state index in [0.717, 1.165) is 37.7 Å². The predicted molar refractivity (Wildman–Crippen MR) is 135 cm³/mol. The van der Waals surface area contributed by atoms with Crippen LogP contribution in [0, 0.1) is 22.7 Å². The minimum Gasteiger partial charge on any atom is -0.481 e. The van der Waals surface area contributed by atoms with Crippen molar-refractivity contribution in [2.45, 2.75) is 81.9 Å². The Morgan fingerprint density at radius 3 is 2.41 bits per heavy atom. The summed E-state index contributed by atoms with van der Waals surface area (Å²) in [6.45, 7) is 0.551. The molecule has 5 fully saturated rings. The third-order valence-electron chi connectivity index (χ3n) is 8.73. The molecule has 1 aromatic rings. The van der Waals surface area contributed by atoms with E-state index in [2.05, 4.69) is 16.1 Å². The van der Waals surface area contributed by atoms with Crippen molar-refractivity contribution in [1.82, 2.24) is 16.1 Å². The molecule has 2 amide bonds. The van der Waals surface area contributed by atoms with Crippen LogP contribution in [0.15, 0.2) is 24.3 Å². The van der Waals surface area contributed by atoms with Crippen molar-refractivity contribution in [2.75, 3.05) is 6.54 Å². The standard InChI is InChI=1S/C27H37N5O5/c28-25(29)19-3-1-18(2-4-19)21-8-20(37-32-21)9-23(34)31-27-12-16-7-17(13-27)11-26(10-16,14-27)15-30-22(33)5-6-24(35)36/h1-4,16-17,20-21,32H,5-15H2,(H3,28,29)(H,30,33)(H,31,34)(H,35,36)/t16-,17?,20+,21-,26?,27?/m0/s1. The number of carbonyl (C=O) groups is 3. The van der Waals surface area contributed by atoms with Crippen LogP contribution in [-0.2, 0) is 19.2 Å². The first-order valence-electron chi connectivity index (χ1n) is 13.3. The molecule has 37 heavy (non-hydrogen) atoms. The van der Waals surface area contributed by atoms with E-state index in [9.17, 15) is 14.4 Å².